The maximum atomic E-state index is 15.4. The van der Waals surface area contributed by atoms with Crippen molar-refractivity contribution >= 4 is 11.5 Å². The highest BCUT2D eigenvalue weighted by Gasteiger charge is 2.19. The van der Waals surface area contributed by atoms with Crippen LogP contribution >= 0.6 is 0 Å². The molecule has 0 aliphatic heterocycles. The normalized spacial score (nSPS) is 11.5. The predicted molar refractivity (Wildman–Crippen MR) is 147 cm³/mol. The van der Waals surface area contributed by atoms with Gasteiger partial charge in [0.15, 0.2) is 5.82 Å². The van der Waals surface area contributed by atoms with E-state index in [1.54, 1.807) is 44.5 Å². The summed E-state index contributed by atoms with van der Waals surface area (Å²) < 4.78 is 34.0. The molecular formula is C30H36FN3O4. The first kappa shape index (κ1) is 28.7. The first-order chi connectivity index (χ1) is 18.2. The Morgan fingerprint density at radius 3 is 2.63 bits per heavy atom. The van der Waals surface area contributed by atoms with Gasteiger partial charge in [-0.1, -0.05) is 12.6 Å². The van der Waals surface area contributed by atoms with E-state index in [1.807, 2.05) is 25.3 Å². The zero-order valence-electron chi connectivity index (χ0n) is 22.7. The summed E-state index contributed by atoms with van der Waals surface area (Å²) in [7, 11) is 1.56. The largest absolute Gasteiger partial charge is 0.497 e. The first-order valence-corrected chi connectivity index (χ1v) is 12.6. The lowest BCUT2D eigenvalue weighted by Crippen LogP contribution is -2.10. The van der Waals surface area contributed by atoms with Crippen LogP contribution in [0.25, 0.3) is 5.57 Å². The summed E-state index contributed by atoms with van der Waals surface area (Å²) in [6.45, 7) is 12.5. The fourth-order valence-corrected chi connectivity index (χ4v) is 4.23. The van der Waals surface area contributed by atoms with Gasteiger partial charge >= 0.3 is 5.97 Å². The van der Waals surface area contributed by atoms with Crippen molar-refractivity contribution in [1.82, 2.24) is 9.55 Å². The second-order valence-corrected chi connectivity index (χ2v) is 9.10. The zero-order chi connectivity index (χ0) is 27.8. The molecule has 2 aromatic heterocycles. The van der Waals surface area contributed by atoms with Crippen LogP contribution in [0, 0.1) is 12.7 Å². The summed E-state index contributed by atoms with van der Waals surface area (Å²) >= 11 is 0. The summed E-state index contributed by atoms with van der Waals surface area (Å²) in [6, 6.07) is 9.10. The fraction of sp³-hybridized carbons (Fsp3) is 0.333. The maximum absolute atomic E-state index is 15.4. The number of pyridine rings is 1. The third kappa shape index (κ3) is 6.69. The summed E-state index contributed by atoms with van der Waals surface area (Å²) in [6.07, 6.45) is 5.42. The lowest BCUT2D eigenvalue weighted by Gasteiger charge is -2.16. The Kier molecular flexibility index (Phi) is 9.85. The summed E-state index contributed by atoms with van der Waals surface area (Å²) in [5, 5.41) is 0. The molecule has 0 aliphatic rings. The smallest absolute Gasteiger partial charge is 0.310 e. The number of halogens is 1. The standard InChI is InChI=1S/C30H36FN3O4/c1-7-37-29(35)15-22-8-9-23(36-6)16-28(22)38-18-20(4)14-26(24-11-13-34(19(2)3)21(24)5)25-10-12-33-27(17-32)30(25)31/h8-14,16,19H,4,7,15,17-18,32H2,1-3,5-6H3/b26-14+. The van der Waals surface area contributed by atoms with Crippen molar-refractivity contribution in [3.8, 4) is 11.5 Å². The highest BCUT2D eigenvalue weighted by molar-refractivity contribution is 5.83. The highest BCUT2D eigenvalue weighted by Crippen LogP contribution is 2.32. The molecule has 0 fully saturated rings. The Labute approximate surface area is 223 Å². The first-order valence-electron chi connectivity index (χ1n) is 12.6. The molecule has 0 bridgehead atoms. The molecule has 0 saturated heterocycles. The van der Waals surface area contributed by atoms with E-state index in [9.17, 15) is 4.79 Å². The zero-order valence-corrected chi connectivity index (χ0v) is 22.7. The van der Waals surface area contributed by atoms with Crippen molar-refractivity contribution in [2.24, 2.45) is 5.73 Å². The van der Waals surface area contributed by atoms with Gasteiger partial charge in [0.05, 0.1) is 25.8 Å². The van der Waals surface area contributed by atoms with Crippen LogP contribution in [0.15, 0.2) is 61.0 Å². The van der Waals surface area contributed by atoms with Crippen LogP contribution in [0.3, 0.4) is 0 Å². The minimum Gasteiger partial charge on any atom is -0.497 e. The Balaban J connectivity index is 1.97. The van der Waals surface area contributed by atoms with E-state index in [2.05, 4.69) is 30.0 Å². The molecule has 1 aromatic carbocycles. The number of hydrogen-bond acceptors (Lipinski definition) is 6. The van der Waals surface area contributed by atoms with E-state index in [1.165, 1.54) is 0 Å². The minimum atomic E-state index is -0.462. The van der Waals surface area contributed by atoms with Gasteiger partial charge in [0, 0.05) is 53.4 Å². The molecule has 0 aliphatic carbocycles. The maximum Gasteiger partial charge on any atom is 0.310 e. The fourth-order valence-electron chi connectivity index (χ4n) is 4.23. The van der Waals surface area contributed by atoms with Crippen LogP contribution in [-0.2, 0) is 22.5 Å². The average Bonchev–Trinajstić information content (AvgIpc) is 3.28. The Morgan fingerprint density at radius 2 is 2.00 bits per heavy atom. The quantitative estimate of drug-likeness (QED) is 0.248. The van der Waals surface area contributed by atoms with Crippen LogP contribution < -0.4 is 15.2 Å². The molecule has 7 nitrogen and oxygen atoms in total. The number of carbonyl (C=O) groups excluding carboxylic acids is 1. The monoisotopic (exact) mass is 521 g/mol. The van der Waals surface area contributed by atoms with Gasteiger partial charge in [-0.2, -0.15) is 0 Å². The van der Waals surface area contributed by atoms with Gasteiger partial charge in [-0.25, -0.2) is 4.39 Å². The second-order valence-electron chi connectivity index (χ2n) is 9.10. The van der Waals surface area contributed by atoms with Crippen LogP contribution in [0.5, 0.6) is 11.5 Å². The molecular weight excluding hydrogens is 485 g/mol. The molecule has 8 heteroatoms. The lowest BCUT2D eigenvalue weighted by atomic mass is 9.95. The molecule has 0 unspecified atom stereocenters. The molecule has 2 N–H and O–H groups in total. The number of carbonyl (C=O) groups is 1. The van der Waals surface area contributed by atoms with E-state index in [-0.39, 0.29) is 37.3 Å². The van der Waals surface area contributed by atoms with Gasteiger partial charge in [0.1, 0.15) is 18.1 Å². The Morgan fingerprint density at radius 1 is 1.24 bits per heavy atom. The Hall–Kier alpha value is -3.91. The van der Waals surface area contributed by atoms with Gasteiger partial charge in [0.25, 0.3) is 0 Å². The van der Waals surface area contributed by atoms with Gasteiger partial charge < -0.3 is 24.5 Å². The number of rotatable bonds is 12. The number of benzene rings is 1. The summed E-state index contributed by atoms with van der Waals surface area (Å²) in [4.78, 5) is 16.2. The summed E-state index contributed by atoms with van der Waals surface area (Å²) in [5.74, 6) is 0.262. The van der Waals surface area contributed by atoms with E-state index in [0.29, 0.717) is 40.4 Å². The number of esters is 1. The van der Waals surface area contributed by atoms with Gasteiger partial charge in [-0.3, -0.25) is 9.78 Å². The molecule has 3 aromatic rings. The van der Waals surface area contributed by atoms with Crippen LogP contribution in [-0.4, -0.2) is 35.8 Å². The third-order valence-electron chi connectivity index (χ3n) is 6.15. The number of hydrogen-bond donors (Lipinski definition) is 1. The second kappa shape index (κ2) is 13.1. The van der Waals surface area contributed by atoms with Gasteiger partial charge in [-0.15, -0.1) is 0 Å². The molecule has 0 amide bonds. The van der Waals surface area contributed by atoms with E-state index in [4.69, 9.17) is 19.9 Å². The van der Waals surface area contributed by atoms with Crippen molar-refractivity contribution in [3.05, 3.63) is 94.8 Å². The van der Waals surface area contributed by atoms with E-state index in [0.717, 1.165) is 11.3 Å². The molecule has 2 heterocycles. The van der Waals surface area contributed by atoms with E-state index >= 15 is 4.39 Å². The summed E-state index contributed by atoms with van der Waals surface area (Å²) in [5.41, 5.74) is 10.1. The molecule has 0 saturated carbocycles. The number of methoxy groups -OCH3 is 1. The Bertz CT molecular complexity index is 1330. The molecule has 0 spiro atoms. The number of nitrogens with two attached hydrogens (primary N) is 1. The van der Waals surface area contributed by atoms with Crippen molar-refractivity contribution in [3.63, 3.8) is 0 Å². The molecule has 0 radical (unpaired) electrons. The van der Waals surface area contributed by atoms with Crippen molar-refractivity contribution in [2.45, 2.75) is 46.7 Å². The third-order valence-corrected chi connectivity index (χ3v) is 6.15. The van der Waals surface area contributed by atoms with Crippen molar-refractivity contribution in [1.29, 1.82) is 0 Å². The van der Waals surface area contributed by atoms with E-state index < -0.39 is 5.82 Å². The van der Waals surface area contributed by atoms with Crippen LogP contribution in [0.1, 0.15) is 54.9 Å². The highest BCUT2D eigenvalue weighted by atomic mass is 19.1. The SMILES string of the molecule is C=C(/C=C(/c1ccnc(CN)c1F)c1ccn(C(C)C)c1C)COc1cc(OC)ccc1CC(=O)OCC. The predicted octanol–water partition coefficient (Wildman–Crippen LogP) is 5.55. The van der Waals surface area contributed by atoms with Crippen LogP contribution in [0.4, 0.5) is 4.39 Å². The van der Waals surface area contributed by atoms with Crippen molar-refractivity contribution in [2.75, 3.05) is 20.3 Å². The minimum absolute atomic E-state index is 0.0118. The van der Waals surface area contributed by atoms with Gasteiger partial charge in [0.2, 0.25) is 0 Å². The van der Waals surface area contributed by atoms with Gasteiger partial charge in [-0.05, 0) is 63.1 Å². The number of ether oxygens (including phenoxy) is 3. The topological polar surface area (TPSA) is 88.6 Å². The average molecular weight is 522 g/mol. The molecule has 38 heavy (non-hydrogen) atoms. The van der Waals surface area contributed by atoms with Crippen molar-refractivity contribution < 1.29 is 23.4 Å². The lowest BCUT2D eigenvalue weighted by molar-refractivity contribution is -0.142. The molecule has 0 atom stereocenters. The number of aromatic nitrogens is 2. The van der Waals surface area contributed by atoms with Crippen LogP contribution in [0.2, 0.25) is 0 Å². The number of nitrogens with zero attached hydrogens (tertiary/aromatic N) is 2. The molecule has 202 valence electrons. The molecule has 3 rings (SSSR count).